The molecule has 0 spiro atoms. The van der Waals surface area contributed by atoms with Gasteiger partial charge in [-0.25, -0.2) is 4.39 Å². The van der Waals surface area contributed by atoms with E-state index in [1.165, 1.54) is 6.92 Å². The molecule has 1 amide bonds. The predicted molar refractivity (Wildman–Crippen MR) is 72.9 cm³/mol. The lowest BCUT2D eigenvalue weighted by molar-refractivity contribution is -0.137. The second kappa shape index (κ2) is 6.97. The van der Waals surface area contributed by atoms with Gasteiger partial charge in [0.2, 0.25) is 5.90 Å². The Morgan fingerprint density at radius 2 is 2.00 bits per heavy atom. The van der Waals surface area contributed by atoms with Gasteiger partial charge in [0.25, 0.3) is 0 Å². The molecular weight excluding hydrogens is 351 g/mol. The number of halogens is 6. The SMILES string of the molecule is C/C(=C/C(=N)Oc1c(F)cc(C(F)(F)F)cc1Cl)NC(=O)Cl. The van der Waals surface area contributed by atoms with Crippen LogP contribution in [0.3, 0.4) is 0 Å². The van der Waals surface area contributed by atoms with Gasteiger partial charge in [0.15, 0.2) is 11.6 Å². The van der Waals surface area contributed by atoms with Crippen molar-refractivity contribution in [3.63, 3.8) is 0 Å². The van der Waals surface area contributed by atoms with E-state index in [4.69, 9.17) is 33.3 Å². The largest absolute Gasteiger partial charge is 0.435 e. The summed E-state index contributed by atoms with van der Waals surface area (Å²) in [4.78, 5) is 10.5. The number of carbonyl (C=O) groups excluding carboxylic acids is 1. The average Bonchev–Trinajstić information content (AvgIpc) is 2.30. The number of rotatable bonds is 3. The van der Waals surface area contributed by atoms with E-state index in [9.17, 15) is 22.4 Å². The molecule has 0 unspecified atom stereocenters. The van der Waals surface area contributed by atoms with E-state index in [0.29, 0.717) is 6.07 Å². The van der Waals surface area contributed by atoms with E-state index >= 15 is 0 Å². The number of allylic oxidation sites excluding steroid dienone is 1. The smallest absolute Gasteiger partial charge is 0.416 e. The molecule has 120 valence electrons. The van der Waals surface area contributed by atoms with Gasteiger partial charge in [0.05, 0.1) is 10.6 Å². The molecule has 2 N–H and O–H groups in total. The number of amides is 1. The third-order valence-electron chi connectivity index (χ3n) is 2.18. The lowest BCUT2D eigenvalue weighted by atomic mass is 10.2. The maximum atomic E-state index is 13.6. The van der Waals surface area contributed by atoms with E-state index in [2.05, 4.69) is 5.32 Å². The maximum Gasteiger partial charge on any atom is 0.416 e. The first kappa shape index (κ1) is 18.2. The molecule has 0 saturated heterocycles. The minimum absolute atomic E-state index is 0.105. The molecule has 0 heterocycles. The van der Waals surface area contributed by atoms with Crippen molar-refractivity contribution in [2.45, 2.75) is 13.1 Å². The van der Waals surface area contributed by atoms with Crippen LogP contribution >= 0.6 is 23.2 Å². The van der Waals surface area contributed by atoms with Crippen LogP contribution in [0.4, 0.5) is 22.4 Å². The average molecular weight is 359 g/mol. The molecule has 1 aromatic rings. The van der Waals surface area contributed by atoms with E-state index in [0.717, 1.165) is 6.08 Å². The van der Waals surface area contributed by atoms with Crippen molar-refractivity contribution in [2.24, 2.45) is 0 Å². The minimum Gasteiger partial charge on any atom is -0.435 e. The molecule has 0 saturated carbocycles. The first-order valence-corrected chi connectivity index (χ1v) is 6.23. The molecule has 0 aliphatic rings. The summed E-state index contributed by atoms with van der Waals surface area (Å²) in [5.74, 6) is -2.78. The number of carbonyl (C=O) groups is 1. The number of hydrogen-bond acceptors (Lipinski definition) is 3. The fourth-order valence-electron chi connectivity index (χ4n) is 1.35. The molecule has 0 aliphatic carbocycles. The van der Waals surface area contributed by atoms with Crippen LogP contribution in [0.25, 0.3) is 0 Å². The molecule has 0 radical (unpaired) electrons. The highest BCUT2D eigenvalue weighted by atomic mass is 35.5. The lowest BCUT2D eigenvalue weighted by Crippen LogP contribution is -2.16. The highest BCUT2D eigenvalue weighted by Gasteiger charge is 2.32. The second-order valence-electron chi connectivity index (χ2n) is 3.96. The predicted octanol–water partition coefficient (Wildman–Crippen LogP) is 4.71. The zero-order valence-electron chi connectivity index (χ0n) is 10.8. The summed E-state index contributed by atoms with van der Waals surface area (Å²) in [5, 5.41) is 7.97. The summed E-state index contributed by atoms with van der Waals surface area (Å²) in [6, 6.07) is 0.677. The number of nitrogens with one attached hydrogen (secondary N) is 2. The van der Waals surface area contributed by atoms with Crippen molar-refractivity contribution in [1.29, 1.82) is 5.41 Å². The van der Waals surface area contributed by atoms with Crippen LogP contribution in [-0.2, 0) is 6.18 Å². The summed E-state index contributed by atoms with van der Waals surface area (Å²) < 4.78 is 55.8. The van der Waals surface area contributed by atoms with Gasteiger partial charge < -0.3 is 10.1 Å². The van der Waals surface area contributed by atoms with Crippen LogP contribution in [0.1, 0.15) is 12.5 Å². The molecule has 0 atom stereocenters. The molecule has 22 heavy (non-hydrogen) atoms. The van der Waals surface area contributed by atoms with Crippen molar-refractivity contribution in [2.75, 3.05) is 0 Å². The Hall–Kier alpha value is -1.80. The summed E-state index contributed by atoms with van der Waals surface area (Å²) >= 11 is 10.6. The molecular formula is C12H8Cl2F4N2O2. The summed E-state index contributed by atoms with van der Waals surface area (Å²) in [6.07, 6.45) is -3.80. The highest BCUT2D eigenvalue weighted by Crippen LogP contribution is 2.36. The Balaban J connectivity index is 3.00. The Bertz CT molecular complexity index is 621. The third kappa shape index (κ3) is 5.19. The van der Waals surface area contributed by atoms with Gasteiger partial charge in [0.1, 0.15) is 0 Å². The molecule has 1 aromatic carbocycles. The van der Waals surface area contributed by atoms with Gasteiger partial charge in [-0.2, -0.15) is 13.2 Å². The fourth-order valence-corrected chi connectivity index (χ4v) is 1.74. The number of alkyl halides is 3. The van der Waals surface area contributed by atoms with Crippen LogP contribution in [0.5, 0.6) is 5.75 Å². The van der Waals surface area contributed by atoms with Gasteiger partial charge in [0, 0.05) is 11.8 Å². The monoisotopic (exact) mass is 358 g/mol. The second-order valence-corrected chi connectivity index (χ2v) is 4.71. The van der Waals surface area contributed by atoms with Crippen LogP contribution < -0.4 is 10.1 Å². The van der Waals surface area contributed by atoms with Crippen LogP contribution in [-0.4, -0.2) is 11.3 Å². The van der Waals surface area contributed by atoms with E-state index in [1.54, 1.807) is 0 Å². The number of hydrogen-bond donors (Lipinski definition) is 2. The van der Waals surface area contributed by atoms with E-state index in [1.807, 2.05) is 0 Å². The van der Waals surface area contributed by atoms with Crippen LogP contribution in [0.15, 0.2) is 23.9 Å². The molecule has 0 fully saturated rings. The van der Waals surface area contributed by atoms with Crippen molar-refractivity contribution in [1.82, 2.24) is 5.32 Å². The Morgan fingerprint density at radius 1 is 1.41 bits per heavy atom. The minimum atomic E-state index is -4.77. The fraction of sp³-hybridized carbons (Fsp3) is 0.167. The highest BCUT2D eigenvalue weighted by molar-refractivity contribution is 6.63. The van der Waals surface area contributed by atoms with Crippen LogP contribution in [0.2, 0.25) is 5.02 Å². The quantitative estimate of drug-likeness (QED) is 0.270. The van der Waals surface area contributed by atoms with Crippen molar-refractivity contribution in [3.8, 4) is 5.75 Å². The van der Waals surface area contributed by atoms with Crippen molar-refractivity contribution >= 4 is 34.5 Å². The Morgan fingerprint density at radius 3 is 2.45 bits per heavy atom. The van der Waals surface area contributed by atoms with Gasteiger partial charge in [-0.3, -0.25) is 10.2 Å². The standard InChI is InChI=1S/C12H8Cl2F4N2O2/c1-5(20-11(14)21)2-9(19)22-10-7(13)3-6(4-8(10)15)12(16,17)18/h2-4,19H,1H3,(H,20,21)/b5-2-,19-9?. The van der Waals surface area contributed by atoms with Gasteiger partial charge in [-0.1, -0.05) is 11.6 Å². The molecule has 1 rings (SSSR count). The summed E-state index contributed by atoms with van der Waals surface area (Å²) in [7, 11) is 0. The third-order valence-corrected chi connectivity index (χ3v) is 2.56. The zero-order chi connectivity index (χ0) is 17.1. The van der Waals surface area contributed by atoms with Crippen LogP contribution in [0, 0.1) is 11.2 Å². The normalized spacial score (nSPS) is 12.0. The van der Waals surface area contributed by atoms with Gasteiger partial charge in [-0.05, 0) is 30.7 Å². The van der Waals surface area contributed by atoms with E-state index < -0.39 is 39.6 Å². The van der Waals surface area contributed by atoms with Gasteiger partial charge in [-0.15, -0.1) is 0 Å². The molecule has 0 aliphatic heterocycles. The molecule has 0 aromatic heterocycles. The van der Waals surface area contributed by atoms with Crippen molar-refractivity contribution in [3.05, 3.63) is 40.3 Å². The van der Waals surface area contributed by atoms with Crippen molar-refractivity contribution < 1.29 is 27.1 Å². The lowest BCUT2D eigenvalue weighted by Gasteiger charge is -2.12. The first-order valence-electron chi connectivity index (χ1n) is 5.48. The molecule has 10 heteroatoms. The summed E-state index contributed by atoms with van der Waals surface area (Å²) in [6.45, 7) is 1.36. The molecule has 0 bridgehead atoms. The Kier molecular flexibility index (Phi) is 5.78. The Labute approximate surface area is 132 Å². The van der Waals surface area contributed by atoms with Gasteiger partial charge >= 0.3 is 11.5 Å². The number of benzene rings is 1. The summed E-state index contributed by atoms with van der Waals surface area (Å²) in [5.41, 5.74) is -1.18. The number of ether oxygens (including phenoxy) is 1. The topological polar surface area (TPSA) is 62.2 Å². The first-order chi connectivity index (χ1) is 10.0. The maximum absolute atomic E-state index is 13.6. The zero-order valence-corrected chi connectivity index (χ0v) is 12.3. The molecule has 4 nitrogen and oxygen atoms in total. The van der Waals surface area contributed by atoms with E-state index in [-0.39, 0.29) is 11.8 Å².